The summed E-state index contributed by atoms with van der Waals surface area (Å²) in [5.74, 6) is 2.11. The van der Waals surface area contributed by atoms with Crippen LogP contribution >= 0.6 is 0 Å². The van der Waals surface area contributed by atoms with Crippen molar-refractivity contribution in [2.45, 2.75) is 51.5 Å². The third kappa shape index (κ3) is 4.33. The Morgan fingerprint density at radius 1 is 1.13 bits per heavy atom. The minimum Gasteiger partial charge on any atom is -0.378 e. The van der Waals surface area contributed by atoms with E-state index in [9.17, 15) is 0 Å². The fraction of sp³-hybridized carbons (Fsp3) is 0.632. The maximum Gasteiger partial charge on any atom is 0.109 e. The number of para-hydroxylation sites is 2. The minimum atomic E-state index is 0.583. The normalized spacial score (nSPS) is 16.2. The van der Waals surface area contributed by atoms with Gasteiger partial charge in [-0.25, -0.2) is 4.98 Å². The molecule has 2 aromatic rings. The third-order valence-electron chi connectivity index (χ3n) is 4.96. The number of hydrogen-bond acceptors (Lipinski definition) is 3. The molecule has 1 aromatic heterocycles. The van der Waals surface area contributed by atoms with Crippen LogP contribution in [0, 0.1) is 5.92 Å². The van der Waals surface area contributed by atoms with Gasteiger partial charge in [0, 0.05) is 19.5 Å². The predicted molar refractivity (Wildman–Crippen MR) is 94.5 cm³/mol. The molecule has 3 rings (SSSR count). The van der Waals surface area contributed by atoms with Crippen LogP contribution in [0.1, 0.15) is 44.3 Å². The molecule has 0 atom stereocenters. The molecular formula is C19H29N3O. The Balaban J connectivity index is 1.69. The second-order valence-electron chi connectivity index (χ2n) is 6.61. The van der Waals surface area contributed by atoms with Crippen molar-refractivity contribution in [1.29, 1.82) is 0 Å². The van der Waals surface area contributed by atoms with Gasteiger partial charge in [-0.15, -0.1) is 0 Å². The quantitative estimate of drug-likeness (QED) is 0.758. The van der Waals surface area contributed by atoms with Crippen LogP contribution < -0.4 is 5.73 Å². The first-order valence-corrected chi connectivity index (χ1v) is 9.10. The van der Waals surface area contributed by atoms with E-state index in [2.05, 4.69) is 28.8 Å². The highest BCUT2D eigenvalue weighted by molar-refractivity contribution is 5.75. The minimum absolute atomic E-state index is 0.583. The fourth-order valence-corrected chi connectivity index (χ4v) is 3.72. The lowest BCUT2D eigenvalue weighted by molar-refractivity contribution is 0.133. The predicted octanol–water partition coefficient (Wildman–Crippen LogP) is 3.52. The van der Waals surface area contributed by atoms with E-state index in [1.165, 1.54) is 49.9 Å². The van der Waals surface area contributed by atoms with Crippen molar-refractivity contribution >= 4 is 11.0 Å². The topological polar surface area (TPSA) is 53.1 Å². The van der Waals surface area contributed by atoms with E-state index in [4.69, 9.17) is 15.5 Å². The smallest absolute Gasteiger partial charge is 0.109 e. The van der Waals surface area contributed by atoms with Crippen LogP contribution in [0.2, 0.25) is 0 Å². The number of imidazole rings is 1. The molecule has 0 amide bonds. The Bertz CT molecular complexity index is 602. The molecule has 0 unspecified atom stereocenters. The summed E-state index contributed by atoms with van der Waals surface area (Å²) in [5.41, 5.74) is 7.82. The van der Waals surface area contributed by atoms with Crippen molar-refractivity contribution in [3.8, 4) is 0 Å². The summed E-state index contributed by atoms with van der Waals surface area (Å²) < 4.78 is 7.92. The maximum absolute atomic E-state index is 5.58. The molecule has 1 aromatic carbocycles. The highest BCUT2D eigenvalue weighted by Crippen LogP contribution is 2.28. The zero-order chi connectivity index (χ0) is 15.9. The van der Waals surface area contributed by atoms with Crippen molar-refractivity contribution in [2.75, 3.05) is 19.8 Å². The summed E-state index contributed by atoms with van der Waals surface area (Å²) in [7, 11) is 0. The summed E-state index contributed by atoms with van der Waals surface area (Å²) in [6, 6.07) is 8.42. The molecule has 4 heteroatoms. The first-order valence-electron chi connectivity index (χ1n) is 9.10. The van der Waals surface area contributed by atoms with Gasteiger partial charge in [-0.2, -0.15) is 0 Å². The van der Waals surface area contributed by atoms with Gasteiger partial charge in [-0.1, -0.05) is 44.2 Å². The molecule has 1 heterocycles. The van der Waals surface area contributed by atoms with Gasteiger partial charge in [-0.3, -0.25) is 0 Å². The monoisotopic (exact) mass is 315 g/mol. The Morgan fingerprint density at radius 2 is 1.96 bits per heavy atom. The average molecular weight is 315 g/mol. The number of aryl methyl sites for hydroxylation is 1. The van der Waals surface area contributed by atoms with Crippen molar-refractivity contribution < 1.29 is 4.74 Å². The van der Waals surface area contributed by atoms with E-state index >= 15 is 0 Å². The van der Waals surface area contributed by atoms with Crippen molar-refractivity contribution in [2.24, 2.45) is 11.7 Å². The number of ether oxygens (including phenoxy) is 1. The third-order valence-corrected chi connectivity index (χ3v) is 4.96. The first kappa shape index (κ1) is 16.5. The van der Waals surface area contributed by atoms with Crippen molar-refractivity contribution in [1.82, 2.24) is 9.55 Å². The molecule has 0 spiro atoms. The van der Waals surface area contributed by atoms with Crippen LogP contribution in [-0.4, -0.2) is 29.3 Å². The Morgan fingerprint density at radius 3 is 2.78 bits per heavy atom. The molecule has 2 N–H and O–H groups in total. The number of nitrogens with zero attached hydrogens (tertiary/aromatic N) is 2. The molecule has 4 nitrogen and oxygen atoms in total. The van der Waals surface area contributed by atoms with E-state index in [0.29, 0.717) is 19.8 Å². The lowest BCUT2D eigenvalue weighted by atomic mass is 9.86. The maximum atomic E-state index is 5.58. The molecule has 1 saturated carbocycles. The highest BCUT2D eigenvalue weighted by Gasteiger charge is 2.16. The van der Waals surface area contributed by atoms with E-state index in [0.717, 1.165) is 24.4 Å². The van der Waals surface area contributed by atoms with Gasteiger partial charge in [0.05, 0.1) is 24.2 Å². The molecule has 0 bridgehead atoms. The van der Waals surface area contributed by atoms with Crippen LogP contribution in [0.15, 0.2) is 24.3 Å². The highest BCUT2D eigenvalue weighted by atomic mass is 16.5. The molecular weight excluding hydrogens is 286 g/mol. The fourth-order valence-electron chi connectivity index (χ4n) is 3.72. The number of aromatic nitrogens is 2. The zero-order valence-corrected chi connectivity index (χ0v) is 14.0. The number of fused-ring (bicyclic) bond motifs is 1. The number of nitrogens with two attached hydrogens (primary N) is 1. The van der Waals surface area contributed by atoms with E-state index < -0.39 is 0 Å². The van der Waals surface area contributed by atoms with E-state index in [-0.39, 0.29) is 0 Å². The Kier molecular flexibility index (Phi) is 6.06. The zero-order valence-electron chi connectivity index (χ0n) is 14.0. The van der Waals surface area contributed by atoms with Crippen LogP contribution in [0.4, 0.5) is 0 Å². The summed E-state index contributed by atoms with van der Waals surface area (Å²) in [6.45, 7) is 2.78. The molecule has 23 heavy (non-hydrogen) atoms. The average Bonchev–Trinajstić information content (AvgIpc) is 2.95. The lowest BCUT2D eigenvalue weighted by Crippen LogP contribution is -2.15. The number of hydrogen-bond donors (Lipinski definition) is 1. The Labute approximate surface area is 139 Å². The molecule has 126 valence electrons. The van der Waals surface area contributed by atoms with Crippen LogP contribution in [0.25, 0.3) is 11.0 Å². The summed E-state index contributed by atoms with van der Waals surface area (Å²) in [6.07, 6.45) is 9.40. The second-order valence-corrected chi connectivity index (χ2v) is 6.61. The van der Waals surface area contributed by atoms with Gasteiger partial charge in [0.1, 0.15) is 5.82 Å². The molecule has 0 radical (unpaired) electrons. The van der Waals surface area contributed by atoms with Gasteiger partial charge in [0.25, 0.3) is 0 Å². The SMILES string of the molecule is NCCOCCn1c(CCC2CCCCC2)nc2ccccc21. The Hall–Kier alpha value is -1.39. The van der Waals surface area contributed by atoms with E-state index in [1.54, 1.807) is 0 Å². The molecule has 0 aliphatic heterocycles. The van der Waals surface area contributed by atoms with Crippen LogP contribution in [0.5, 0.6) is 0 Å². The van der Waals surface area contributed by atoms with Crippen molar-refractivity contribution in [3.05, 3.63) is 30.1 Å². The molecule has 1 aliphatic rings. The van der Waals surface area contributed by atoms with Gasteiger partial charge in [-0.05, 0) is 24.5 Å². The van der Waals surface area contributed by atoms with Gasteiger partial charge in [0.2, 0.25) is 0 Å². The summed E-state index contributed by atoms with van der Waals surface area (Å²) in [4.78, 5) is 4.88. The molecule has 0 saturated heterocycles. The summed E-state index contributed by atoms with van der Waals surface area (Å²) >= 11 is 0. The summed E-state index contributed by atoms with van der Waals surface area (Å²) in [5, 5.41) is 0. The first-order chi connectivity index (χ1) is 11.4. The van der Waals surface area contributed by atoms with E-state index in [1.807, 2.05) is 0 Å². The molecule has 1 aliphatic carbocycles. The van der Waals surface area contributed by atoms with Crippen LogP contribution in [0.3, 0.4) is 0 Å². The van der Waals surface area contributed by atoms with Crippen LogP contribution in [-0.2, 0) is 17.7 Å². The number of rotatable bonds is 8. The van der Waals surface area contributed by atoms with Gasteiger partial charge >= 0.3 is 0 Å². The standard InChI is InChI=1S/C19H29N3O/c20-12-14-23-15-13-22-18-9-5-4-8-17(18)21-19(22)11-10-16-6-2-1-3-7-16/h4-5,8-9,16H,1-3,6-7,10-15,20H2. The van der Waals surface area contributed by atoms with Gasteiger partial charge in [0.15, 0.2) is 0 Å². The number of benzene rings is 1. The molecule has 1 fully saturated rings. The lowest BCUT2D eigenvalue weighted by Gasteiger charge is -2.21. The van der Waals surface area contributed by atoms with Crippen molar-refractivity contribution in [3.63, 3.8) is 0 Å². The second kappa shape index (κ2) is 8.46. The largest absolute Gasteiger partial charge is 0.378 e. The van der Waals surface area contributed by atoms with Gasteiger partial charge < -0.3 is 15.0 Å².